The summed E-state index contributed by atoms with van der Waals surface area (Å²) in [6.45, 7) is 18.1. The number of nitrogens with zero attached hydrogens (tertiary/aromatic N) is 4. The summed E-state index contributed by atoms with van der Waals surface area (Å²) in [5.74, 6) is 1.45. The summed E-state index contributed by atoms with van der Waals surface area (Å²) in [6, 6.07) is 23.8. The minimum Gasteiger partial charge on any atom is -0.458 e. The number of imidazole rings is 1. The number of benzene rings is 10. The molecule has 0 atom stereocenters. The minimum absolute atomic E-state index is 0.0147. The summed E-state index contributed by atoms with van der Waals surface area (Å²) in [7, 11) is -6.03. The number of hydrogen-bond donors (Lipinski definition) is 0. The van der Waals surface area contributed by atoms with Crippen LogP contribution in [-0.4, -0.2) is 22.2 Å². The van der Waals surface area contributed by atoms with E-state index in [9.17, 15) is 19.2 Å². The summed E-state index contributed by atoms with van der Waals surface area (Å²) in [6.07, 6.45) is 5.39. The fourth-order valence-electron chi connectivity index (χ4n) is 11.2. The van der Waals surface area contributed by atoms with E-state index in [0.717, 1.165) is 32.9 Å². The Hall–Kier alpha value is -9.36. The smallest absolute Gasteiger partial charge is 0.269 e. The molecule has 0 bridgehead atoms. The molecule has 0 spiro atoms. The van der Waals surface area contributed by atoms with E-state index in [1.807, 2.05) is 114 Å². The van der Waals surface area contributed by atoms with Gasteiger partial charge in [-0.1, -0.05) is 256 Å². The van der Waals surface area contributed by atoms with E-state index >= 15 is 0 Å². The molecule has 13 rings (SSSR count). The second kappa shape index (κ2) is 21.1. The van der Waals surface area contributed by atoms with Crippen molar-refractivity contribution < 1.29 is 36.7 Å². The number of ether oxygens (including phenoxy) is 1. The Kier molecular flexibility index (Phi) is 8.95. The van der Waals surface area contributed by atoms with Gasteiger partial charge in [0.2, 0.25) is 0 Å². The molecule has 0 unspecified atom stereocenters. The molecule has 13 aromatic rings. The van der Waals surface area contributed by atoms with Crippen molar-refractivity contribution in [1.29, 1.82) is 0 Å². The predicted molar refractivity (Wildman–Crippen MR) is 353 cm³/mol. The molecule has 0 aliphatic carbocycles. The van der Waals surface area contributed by atoms with Gasteiger partial charge in [0.05, 0.1) is 60.9 Å². The zero-order chi connectivity index (χ0) is 75.4. The summed E-state index contributed by atoms with van der Waals surface area (Å²) in [4.78, 5) is 4.87. The fraction of sp³-hybridized carbons (Fsp3) is 0.154. The Bertz CT molecular complexity index is 5540. The average molecular weight is 1130 g/mol. The molecule has 84 heavy (non-hydrogen) atoms. The van der Waals surface area contributed by atoms with Crippen LogP contribution in [0.25, 0.3) is 72.3 Å². The summed E-state index contributed by atoms with van der Waals surface area (Å²) >= 11 is 0. The van der Waals surface area contributed by atoms with E-state index < -0.39 is 155 Å². The third kappa shape index (κ3) is 9.74. The standard InChI is InChI=1S/C78H70N4OSi/c1-76(2,3)57-29-24-28-56(46-57)68-48-59(78(7,8)9)49-73(84(63-32-16-11-17-33-63,64-34-18-12-19-35-64)65-36-20-13-21-37-65)75(68)81-53-80(72-47-55(40-43-70(72)81)54-26-14-10-15-27-54)60-30-25-31-61(51-60)83-62-41-42-67-66-38-22-23-39-69(66)82(71(67)52-62)74-50-58(44-45-79-74)77(4,5)6/h10-52H,1-9H3/i10D,11D,12D,13D,14D,15D,16D,17D,18D,19D,20D,21D,26D,27D,32D,33D,34D,35D,36D,37D. The second-order valence-electron chi connectivity index (χ2n) is 24.0. The largest absolute Gasteiger partial charge is 0.458 e. The normalized spacial score (nSPS) is 15.7. The average Bonchev–Trinajstić information content (AvgIpc) is 0.830. The second-order valence-corrected chi connectivity index (χ2v) is 27.5. The first-order chi connectivity index (χ1) is 48.8. The Morgan fingerprint density at radius 3 is 1.71 bits per heavy atom. The van der Waals surface area contributed by atoms with Gasteiger partial charge in [-0.05, 0) is 131 Å². The molecule has 0 aliphatic rings. The summed E-state index contributed by atoms with van der Waals surface area (Å²) < 4.78 is 202. The van der Waals surface area contributed by atoms with Gasteiger partial charge in [0.25, 0.3) is 6.33 Å². The van der Waals surface area contributed by atoms with Crippen LogP contribution in [0.5, 0.6) is 11.5 Å². The zero-order valence-electron chi connectivity index (χ0n) is 68.0. The number of rotatable bonds is 11. The molecule has 0 radical (unpaired) electrons. The third-order valence-electron chi connectivity index (χ3n) is 15.5. The topological polar surface area (TPSA) is 35.9 Å². The highest BCUT2D eigenvalue weighted by atomic mass is 28.3. The molecule has 10 aromatic carbocycles. The zero-order valence-corrected chi connectivity index (χ0v) is 49.0. The molecule has 6 heteroatoms. The number of aromatic nitrogens is 4. The number of pyridine rings is 1. The summed E-state index contributed by atoms with van der Waals surface area (Å²) in [5.41, 5.74) is 3.91. The number of hydrogen-bond acceptors (Lipinski definition) is 2. The van der Waals surface area contributed by atoms with Gasteiger partial charge in [0.15, 0.2) is 8.07 Å². The molecular formula is C78H70N4OSi. The monoisotopic (exact) mass is 1130 g/mol. The van der Waals surface area contributed by atoms with Crippen LogP contribution in [0, 0.1) is 6.33 Å². The van der Waals surface area contributed by atoms with Gasteiger partial charge < -0.3 is 4.74 Å². The predicted octanol–water partition coefficient (Wildman–Crippen LogP) is 16.6. The third-order valence-corrected chi connectivity index (χ3v) is 19.7. The van der Waals surface area contributed by atoms with Crippen molar-refractivity contribution >= 4 is 61.7 Å². The van der Waals surface area contributed by atoms with Crippen LogP contribution in [-0.2, 0) is 16.2 Å². The van der Waals surface area contributed by atoms with Crippen molar-refractivity contribution in [2.45, 2.75) is 78.6 Å². The van der Waals surface area contributed by atoms with E-state index in [2.05, 4.69) is 43.8 Å². The van der Waals surface area contributed by atoms with E-state index in [1.165, 1.54) is 0 Å². The fourth-order valence-corrected chi connectivity index (χ4v) is 15.2. The lowest BCUT2D eigenvalue weighted by molar-refractivity contribution is -0.570. The van der Waals surface area contributed by atoms with Crippen LogP contribution in [0.1, 0.15) is 106 Å². The van der Waals surface area contributed by atoms with Crippen LogP contribution < -0.4 is 30.1 Å². The van der Waals surface area contributed by atoms with Crippen LogP contribution in [0.2, 0.25) is 0 Å². The Labute approximate surface area is 523 Å². The lowest BCUT2D eigenvalue weighted by Crippen LogP contribution is -2.76. The quantitative estimate of drug-likeness (QED) is 0.0560. The molecule has 0 saturated heterocycles. The van der Waals surface area contributed by atoms with Gasteiger partial charge in [0, 0.05) is 23.0 Å². The van der Waals surface area contributed by atoms with E-state index in [0.29, 0.717) is 39.7 Å². The van der Waals surface area contributed by atoms with Crippen molar-refractivity contribution in [3.8, 4) is 50.9 Å². The van der Waals surface area contributed by atoms with E-state index in [1.54, 1.807) is 63.9 Å². The van der Waals surface area contributed by atoms with Crippen molar-refractivity contribution in [2.75, 3.05) is 0 Å². The van der Waals surface area contributed by atoms with Gasteiger partial charge >= 0.3 is 0 Å². The molecule has 3 heterocycles. The van der Waals surface area contributed by atoms with Crippen molar-refractivity contribution in [3.63, 3.8) is 0 Å². The van der Waals surface area contributed by atoms with Crippen LogP contribution in [0.3, 0.4) is 0 Å². The molecule has 0 aliphatic heterocycles. The minimum atomic E-state index is -6.03. The number of fused-ring (bicyclic) bond motifs is 4. The molecule has 412 valence electrons. The van der Waals surface area contributed by atoms with Gasteiger partial charge in [-0.3, -0.25) is 13.7 Å². The number of para-hydroxylation sites is 1. The summed E-state index contributed by atoms with van der Waals surface area (Å²) in [5, 5.41) is -0.346. The van der Waals surface area contributed by atoms with Crippen molar-refractivity contribution in [3.05, 3.63) is 284 Å². The molecular weight excluding hydrogens is 1040 g/mol. The SMILES string of the molecule is [2H]c1c([2H])c([2H])c(-c2ccc3c(c2)n(-c2cccc(Oc4ccc5c6ccccc6n(-c6cc(C(C)(C)C)ccn6)c5c4)c2)[c-][n+]3-c2c(-c3cccc(C(C)(C)C)c3)cc(C(C)(C)C)cc2[Si](c2c([2H])c([2H])c([2H])c([2H])c2[2H])(c2c([2H])c([2H])c([2H])c([2H])c2[2H])c2c([2H])c([2H])c([2H])c([2H])c2[2H])c([2H])c1[2H]. The Morgan fingerprint density at radius 2 is 1.06 bits per heavy atom. The first-order valence-electron chi connectivity index (χ1n) is 37.7. The van der Waals surface area contributed by atoms with Gasteiger partial charge in [0.1, 0.15) is 17.3 Å². The van der Waals surface area contributed by atoms with Crippen LogP contribution >= 0.6 is 0 Å². The van der Waals surface area contributed by atoms with E-state index in [4.69, 9.17) is 17.9 Å². The molecule has 0 N–H and O–H groups in total. The van der Waals surface area contributed by atoms with Crippen LogP contribution in [0.15, 0.2) is 261 Å². The molecule has 5 nitrogen and oxygen atoms in total. The molecule has 0 fully saturated rings. The molecule has 0 amide bonds. The van der Waals surface area contributed by atoms with E-state index in [-0.39, 0.29) is 38.4 Å². The highest BCUT2D eigenvalue weighted by molar-refractivity contribution is 7.20. The van der Waals surface area contributed by atoms with Crippen molar-refractivity contribution in [2.24, 2.45) is 0 Å². The maximum atomic E-state index is 10.2. The first-order valence-corrected chi connectivity index (χ1v) is 29.7. The lowest BCUT2D eigenvalue weighted by Gasteiger charge is -2.38. The molecule has 3 aromatic heterocycles. The first kappa shape index (κ1) is 35.6. The lowest BCUT2D eigenvalue weighted by atomic mass is 9.83. The van der Waals surface area contributed by atoms with Crippen LogP contribution in [0.4, 0.5) is 0 Å². The van der Waals surface area contributed by atoms with Gasteiger partial charge in [-0.15, -0.1) is 0 Å². The molecule has 0 saturated carbocycles. The van der Waals surface area contributed by atoms with Crippen molar-refractivity contribution in [1.82, 2.24) is 14.1 Å². The maximum absolute atomic E-state index is 10.2. The van der Waals surface area contributed by atoms with Gasteiger partial charge in [-0.2, -0.15) is 0 Å². The Balaban J connectivity index is 1.22. The highest BCUT2D eigenvalue weighted by Gasteiger charge is 2.45. The highest BCUT2D eigenvalue weighted by Crippen LogP contribution is 2.39. The maximum Gasteiger partial charge on any atom is 0.269 e. The van der Waals surface area contributed by atoms with Gasteiger partial charge in [-0.25, -0.2) is 4.98 Å². The Morgan fingerprint density at radius 1 is 0.464 bits per heavy atom.